The number of hydrogen-bond acceptors (Lipinski definition) is 4. The van der Waals surface area contributed by atoms with Gasteiger partial charge in [0.05, 0.1) is 0 Å². The Balaban J connectivity index is 2.14. The lowest BCUT2D eigenvalue weighted by Crippen LogP contribution is -2.34. The van der Waals surface area contributed by atoms with E-state index in [4.69, 9.17) is 5.73 Å². The standard InChI is InChI=1S/C14H17N5O2/c1-10-16-13(18-17-10)14(21)19(8-7-12(15)20)9-11-5-3-2-4-6-11/h2-6H,7-9H2,1H3,(H2,15,20)(H,16,17,18). The second-order valence-electron chi connectivity index (χ2n) is 4.67. The van der Waals surface area contributed by atoms with Gasteiger partial charge in [0.25, 0.3) is 5.91 Å². The van der Waals surface area contributed by atoms with Crippen LogP contribution in [-0.4, -0.2) is 38.4 Å². The van der Waals surface area contributed by atoms with E-state index in [0.29, 0.717) is 12.4 Å². The Hall–Kier alpha value is -2.70. The van der Waals surface area contributed by atoms with Crippen molar-refractivity contribution in [2.75, 3.05) is 6.54 Å². The third-order valence-corrected chi connectivity index (χ3v) is 2.92. The fourth-order valence-electron chi connectivity index (χ4n) is 1.88. The van der Waals surface area contributed by atoms with Crippen LogP contribution in [0.5, 0.6) is 0 Å². The summed E-state index contributed by atoms with van der Waals surface area (Å²) < 4.78 is 0. The molecule has 0 unspecified atom stereocenters. The monoisotopic (exact) mass is 287 g/mol. The first-order valence-corrected chi connectivity index (χ1v) is 6.57. The van der Waals surface area contributed by atoms with E-state index in [-0.39, 0.29) is 24.7 Å². The number of carbonyl (C=O) groups excluding carboxylic acids is 2. The number of aromatic nitrogens is 3. The Kier molecular flexibility index (Phi) is 4.65. The third-order valence-electron chi connectivity index (χ3n) is 2.92. The van der Waals surface area contributed by atoms with Gasteiger partial charge in [0.15, 0.2) is 0 Å². The number of rotatable bonds is 6. The number of aromatic amines is 1. The summed E-state index contributed by atoms with van der Waals surface area (Å²) in [5.74, 6) is -0.128. The van der Waals surface area contributed by atoms with Gasteiger partial charge in [-0.3, -0.25) is 14.7 Å². The molecule has 0 aliphatic carbocycles. The highest BCUT2D eigenvalue weighted by Crippen LogP contribution is 2.08. The molecule has 110 valence electrons. The fraction of sp³-hybridized carbons (Fsp3) is 0.286. The molecule has 3 N–H and O–H groups in total. The molecule has 21 heavy (non-hydrogen) atoms. The zero-order chi connectivity index (χ0) is 15.2. The van der Waals surface area contributed by atoms with Gasteiger partial charge in [-0.05, 0) is 12.5 Å². The van der Waals surface area contributed by atoms with Crippen LogP contribution in [0.2, 0.25) is 0 Å². The van der Waals surface area contributed by atoms with E-state index in [1.165, 1.54) is 4.90 Å². The summed E-state index contributed by atoms with van der Waals surface area (Å²) in [6.07, 6.45) is 0.0992. The van der Waals surface area contributed by atoms with Crippen molar-refractivity contribution in [2.24, 2.45) is 5.73 Å². The number of amides is 2. The fourth-order valence-corrected chi connectivity index (χ4v) is 1.88. The number of carbonyl (C=O) groups is 2. The van der Waals surface area contributed by atoms with E-state index in [2.05, 4.69) is 15.2 Å². The van der Waals surface area contributed by atoms with Gasteiger partial charge in [0.2, 0.25) is 11.7 Å². The van der Waals surface area contributed by atoms with Crippen LogP contribution in [0.4, 0.5) is 0 Å². The lowest BCUT2D eigenvalue weighted by molar-refractivity contribution is -0.118. The molecule has 1 aromatic heterocycles. The minimum absolute atomic E-state index is 0.0906. The lowest BCUT2D eigenvalue weighted by Gasteiger charge is -2.20. The Morgan fingerprint density at radius 3 is 2.57 bits per heavy atom. The first-order chi connectivity index (χ1) is 10.1. The summed E-state index contributed by atoms with van der Waals surface area (Å²) in [6.45, 7) is 2.33. The Labute approximate surface area is 122 Å². The number of benzene rings is 1. The number of nitrogens with one attached hydrogen (secondary N) is 1. The Morgan fingerprint density at radius 1 is 1.29 bits per heavy atom. The van der Waals surface area contributed by atoms with Gasteiger partial charge in [-0.2, -0.15) is 0 Å². The van der Waals surface area contributed by atoms with Gasteiger partial charge >= 0.3 is 0 Å². The van der Waals surface area contributed by atoms with Gasteiger partial charge in [-0.1, -0.05) is 30.3 Å². The molecule has 0 bridgehead atoms. The van der Waals surface area contributed by atoms with Gasteiger partial charge < -0.3 is 10.6 Å². The van der Waals surface area contributed by atoms with Gasteiger partial charge in [-0.15, -0.1) is 5.10 Å². The number of hydrogen-bond donors (Lipinski definition) is 2. The maximum absolute atomic E-state index is 12.4. The molecular formula is C14H17N5O2. The van der Waals surface area contributed by atoms with Crippen molar-refractivity contribution in [3.05, 3.63) is 47.5 Å². The predicted octanol–water partition coefficient (Wildman–Crippen LogP) is 0.631. The summed E-state index contributed by atoms with van der Waals surface area (Å²) in [7, 11) is 0. The van der Waals surface area contributed by atoms with Crippen molar-refractivity contribution in [3.63, 3.8) is 0 Å². The second kappa shape index (κ2) is 6.65. The molecule has 0 saturated heterocycles. The average molecular weight is 287 g/mol. The largest absolute Gasteiger partial charge is 0.370 e. The maximum atomic E-state index is 12.4. The van der Waals surface area contributed by atoms with Crippen LogP contribution >= 0.6 is 0 Å². The van der Waals surface area contributed by atoms with E-state index in [1.807, 2.05) is 30.3 Å². The molecule has 7 heteroatoms. The van der Waals surface area contributed by atoms with E-state index in [0.717, 1.165) is 5.56 Å². The summed E-state index contributed by atoms with van der Waals surface area (Å²) in [5, 5.41) is 6.49. The van der Waals surface area contributed by atoms with E-state index in [9.17, 15) is 9.59 Å². The highest BCUT2D eigenvalue weighted by Gasteiger charge is 2.20. The van der Waals surface area contributed by atoms with E-state index < -0.39 is 5.91 Å². The van der Waals surface area contributed by atoms with Crippen LogP contribution in [-0.2, 0) is 11.3 Å². The molecular weight excluding hydrogens is 270 g/mol. The first kappa shape index (κ1) is 14.7. The van der Waals surface area contributed by atoms with Gasteiger partial charge in [-0.25, -0.2) is 4.98 Å². The number of primary amides is 1. The molecule has 7 nitrogen and oxygen atoms in total. The van der Waals surface area contributed by atoms with Crippen LogP contribution in [0.3, 0.4) is 0 Å². The van der Waals surface area contributed by atoms with Crippen molar-refractivity contribution in [3.8, 4) is 0 Å². The molecule has 0 radical (unpaired) electrons. The van der Waals surface area contributed by atoms with Crippen LogP contribution in [0.1, 0.15) is 28.4 Å². The zero-order valence-electron chi connectivity index (χ0n) is 11.7. The predicted molar refractivity (Wildman–Crippen MR) is 76.1 cm³/mol. The number of H-pyrrole nitrogens is 1. The smallest absolute Gasteiger partial charge is 0.293 e. The SMILES string of the molecule is Cc1nc(C(=O)N(CCC(N)=O)Cc2ccccc2)n[nH]1. The molecule has 0 fully saturated rings. The topological polar surface area (TPSA) is 105 Å². The summed E-state index contributed by atoms with van der Waals surface area (Å²) in [4.78, 5) is 28.9. The zero-order valence-corrected chi connectivity index (χ0v) is 11.7. The lowest BCUT2D eigenvalue weighted by atomic mass is 10.2. The normalized spacial score (nSPS) is 10.3. The molecule has 2 amide bonds. The van der Waals surface area contributed by atoms with Crippen molar-refractivity contribution < 1.29 is 9.59 Å². The average Bonchev–Trinajstić information content (AvgIpc) is 2.90. The Morgan fingerprint density at radius 2 is 2.00 bits per heavy atom. The summed E-state index contributed by atoms with van der Waals surface area (Å²) in [6, 6.07) is 9.51. The van der Waals surface area contributed by atoms with Crippen LogP contribution in [0.25, 0.3) is 0 Å². The van der Waals surface area contributed by atoms with Crippen LogP contribution in [0.15, 0.2) is 30.3 Å². The molecule has 0 saturated carbocycles. The van der Waals surface area contributed by atoms with Crippen LogP contribution < -0.4 is 5.73 Å². The second-order valence-corrected chi connectivity index (χ2v) is 4.67. The maximum Gasteiger partial charge on any atom is 0.293 e. The third kappa shape index (κ3) is 4.13. The molecule has 2 rings (SSSR count). The number of nitrogens with zero attached hydrogens (tertiary/aromatic N) is 3. The quantitative estimate of drug-likeness (QED) is 0.812. The molecule has 1 aromatic carbocycles. The molecule has 1 heterocycles. The first-order valence-electron chi connectivity index (χ1n) is 6.57. The molecule has 0 spiro atoms. The Bertz CT molecular complexity index is 623. The number of nitrogens with two attached hydrogens (primary N) is 1. The van der Waals surface area contributed by atoms with Crippen LogP contribution in [0, 0.1) is 6.92 Å². The van der Waals surface area contributed by atoms with Crippen molar-refractivity contribution in [1.82, 2.24) is 20.1 Å². The van der Waals surface area contributed by atoms with Crippen molar-refractivity contribution in [1.29, 1.82) is 0 Å². The highest BCUT2D eigenvalue weighted by molar-refractivity contribution is 5.90. The molecule has 0 aliphatic rings. The van der Waals surface area contributed by atoms with Crippen molar-refractivity contribution in [2.45, 2.75) is 19.9 Å². The summed E-state index contributed by atoms with van der Waals surface area (Å²) >= 11 is 0. The molecule has 2 aromatic rings. The van der Waals surface area contributed by atoms with Gasteiger partial charge in [0, 0.05) is 19.5 Å². The summed E-state index contributed by atoms with van der Waals surface area (Å²) in [5.41, 5.74) is 6.12. The minimum atomic E-state index is -0.452. The van der Waals surface area contributed by atoms with Gasteiger partial charge in [0.1, 0.15) is 5.82 Å². The van der Waals surface area contributed by atoms with Crippen molar-refractivity contribution >= 4 is 11.8 Å². The number of aryl methyl sites for hydroxylation is 1. The molecule has 0 atom stereocenters. The highest BCUT2D eigenvalue weighted by atomic mass is 16.2. The molecule has 0 aliphatic heterocycles. The van der Waals surface area contributed by atoms with E-state index >= 15 is 0 Å². The van der Waals surface area contributed by atoms with E-state index in [1.54, 1.807) is 6.92 Å². The minimum Gasteiger partial charge on any atom is -0.370 e.